The van der Waals surface area contributed by atoms with Crippen LogP contribution in [0.15, 0.2) is 18.2 Å². The molecule has 20 heavy (non-hydrogen) atoms. The van der Waals surface area contributed by atoms with E-state index in [1.54, 1.807) is 0 Å². The standard InChI is InChI=1S/C16H27N3S/c1-5-19(10-6-9-18(3)4)12-15-8-7-14(16(17)20)11-13(15)2/h7-8,11H,5-6,9-10,12H2,1-4H3,(H2,17,20). The van der Waals surface area contributed by atoms with Gasteiger partial charge in [0, 0.05) is 12.1 Å². The average Bonchev–Trinajstić information content (AvgIpc) is 2.38. The van der Waals surface area contributed by atoms with Crippen molar-refractivity contribution >= 4 is 17.2 Å². The molecular formula is C16H27N3S. The first-order valence-corrected chi connectivity index (χ1v) is 7.61. The summed E-state index contributed by atoms with van der Waals surface area (Å²) in [7, 11) is 4.24. The summed E-state index contributed by atoms with van der Waals surface area (Å²) in [5.41, 5.74) is 9.25. The van der Waals surface area contributed by atoms with Crippen LogP contribution in [0.25, 0.3) is 0 Å². The minimum Gasteiger partial charge on any atom is -0.389 e. The minimum atomic E-state index is 0.470. The maximum Gasteiger partial charge on any atom is 0.103 e. The number of nitrogens with two attached hydrogens (primary N) is 1. The predicted octanol–water partition coefficient (Wildman–Crippen LogP) is 2.40. The second kappa shape index (κ2) is 8.35. The fourth-order valence-corrected chi connectivity index (χ4v) is 2.35. The SMILES string of the molecule is CCN(CCCN(C)C)Cc1ccc(C(N)=S)cc1C. The summed E-state index contributed by atoms with van der Waals surface area (Å²) in [6.07, 6.45) is 1.20. The summed E-state index contributed by atoms with van der Waals surface area (Å²) in [4.78, 5) is 5.18. The molecule has 1 aromatic carbocycles. The van der Waals surface area contributed by atoms with Crippen LogP contribution in [0.5, 0.6) is 0 Å². The van der Waals surface area contributed by atoms with Crippen LogP contribution in [0.3, 0.4) is 0 Å². The smallest absolute Gasteiger partial charge is 0.103 e. The molecule has 1 aromatic rings. The molecule has 0 fully saturated rings. The van der Waals surface area contributed by atoms with Crippen LogP contribution in [0.2, 0.25) is 0 Å². The number of hydrogen-bond acceptors (Lipinski definition) is 3. The molecule has 0 saturated heterocycles. The summed E-state index contributed by atoms with van der Waals surface area (Å²) >= 11 is 5.02. The van der Waals surface area contributed by atoms with Gasteiger partial charge in [0.15, 0.2) is 0 Å². The lowest BCUT2D eigenvalue weighted by Crippen LogP contribution is -2.27. The number of hydrogen-bond donors (Lipinski definition) is 1. The van der Waals surface area contributed by atoms with Crippen molar-refractivity contribution in [2.45, 2.75) is 26.8 Å². The van der Waals surface area contributed by atoms with Crippen molar-refractivity contribution in [1.29, 1.82) is 0 Å². The fourth-order valence-electron chi connectivity index (χ4n) is 2.23. The molecule has 0 saturated carbocycles. The van der Waals surface area contributed by atoms with E-state index in [2.05, 4.69) is 49.9 Å². The first-order valence-electron chi connectivity index (χ1n) is 7.20. The molecule has 0 unspecified atom stereocenters. The highest BCUT2D eigenvalue weighted by Gasteiger charge is 2.07. The van der Waals surface area contributed by atoms with Crippen LogP contribution >= 0.6 is 12.2 Å². The lowest BCUT2D eigenvalue weighted by atomic mass is 10.0. The molecule has 0 bridgehead atoms. The summed E-state index contributed by atoms with van der Waals surface area (Å²) in [6, 6.07) is 6.27. The number of benzene rings is 1. The summed E-state index contributed by atoms with van der Waals surface area (Å²) in [6.45, 7) is 8.68. The van der Waals surface area contributed by atoms with E-state index < -0.39 is 0 Å². The Hall–Kier alpha value is -0.970. The van der Waals surface area contributed by atoms with Gasteiger partial charge in [-0.05, 0) is 64.3 Å². The number of rotatable bonds is 8. The second-order valence-corrected chi connectivity index (χ2v) is 5.97. The van der Waals surface area contributed by atoms with Gasteiger partial charge in [-0.1, -0.05) is 31.3 Å². The third-order valence-corrected chi connectivity index (χ3v) is 3.78. The lowest BCUT2D eigenvalue weighted by molar-refractivity contribution is 0.259. The van der Waals surface area contributed by atoms with Crippen LogP contribution in [0.4, 0.5) is 0 Å². The Labute approximate surface area is 128 Å². The highest BCUT2D eigenvalue weighted by atomic mass is 32.1. The number of thiocarbonyl (C=S) groups is 1. The van der Waals surface area contributed by atoms with Crippen LogP contribution in [0, 0.1) is 6.92 Å². The molecule has 0 atom stereocenters. The highest BCUT2D eigenvalue weighted by molar-refractivity contribution is 7.80. The average molecular weight is 293 g/mol. The van der Waals surface area contributed by atoms with Gasteiger partial charge in [0.25, 0.3) is 0 Å². The highest BCUT2D eigenvalue weighted by Crippen LogP contribution is 2.14. The largest absolute Gasteiger partial charge is 0.389 e. The molecule has 4 heteroatoms. The summed E-state index contributed by atoms with van der Waals surface area (Å²) in [5, 5.41) is 0. The van der Waals surface area contributed by atoms with Crippen molar-refractivity contribution in [3.8, 4) is 0 Å². The van der Waals surface area contributed by atoms with E-state index in [1.807, 2.05) is 6.07 Å². The van der Waals surface area contributed by atoms with E-state index in [0.29, 0.717) is 4.99 Å². The van der Waals surface area contributed by atoms with Crippen LogP contribution in [-0.2, 0) is 6.54 Å². The van der Waals surface area contributed by atoms with Crippen molar-refractivity contribution < 1.29 is 0 Å². The van der Waals surface area contributed by atoms with E-state index in [9.17, 15) is 0 Å². The van der Waals surface area contributed by atoms with Gasteiger partial charge in [-0.2, -0.15) is 0 Å². The maximum atomic E-state index is 5.67. The van der Waals surface area contributed by atoms with Gasteiger partial charge in [0.1, 0.15) is 4.99 Å². The lowest BCUT2D eigenvalue weighted by Gasteiger charge is -2.22. The van der Waals surface area contributed by atoms with Crippen LogP contribution in [0.1, 0.15) is 30.0 Å². The van der Waals surface area contributed by atoms with Gasteiger partial charge in [-0.15, -0.1) is 0 Å². The van der Waals surface area contributed by atoms with Crippen molar-refractivity contribution in [1.82, 2.24) is 9.80 Å². The molecule has 3 nitrogen and oxygen atoms in total. The Morgan fingerprint density at radius 2 is 1.95 bits per heavy atom. The van der Waals surface area contributed by atoms with Gasteiger partial charge in [-0.25, -0.2) is 0 Å². The Morgan fingerprint density at radius 3 is 2.45 bits per heavy atom. The zero-order valence-electron chi connectivity index (χ0n) is 13.1. The number of aryl methyl sites for hydroxylation is 1. The zero-order valence-corrected chi connectivity index (χ0v) is 14.0. The van der Waals surface area contributed by atoms with Crippen molar-refractivity contribution in [3.63, 3.8) is 0 Å². The van der Waals surface area contributed by atoms with Gasteiger partial charge in [0.2, 0.25) is 0 Å². The number of nitrogens with zero attached hydrogens (tertiary/aromatic N) is 2. The molecule has 0 amide bonds. The summed E-state index contributed by atoms with van der Waals surface area (Å²) < 4.78 is 0. The minimum absolute atomic E-state index is 0.470. The quantitative estimate of drug-likeness (QED) is 0.746. The van der Waals surface area contributed by atoms with Gasteiger partial charge in [-0.3, -0.25) is 4.90 Å². The van der Waals surface area contributed by atoms with Gasteiger partial charge in [0.05, 0.1) is 0 Å². The third kappa shape index (κ3) is 5.57. The molecule has 0 heterocycles. The molecule has 2 N–H and O–H groups in total. The fraction of sp³-hybridized carbons (Fsp3) is 0.562. The molecule has 0 aromatic heterocycles. The molecule has 0 aliphatic carbocycles. The third-order valence-electron chi connectivity index (χ3n) is 3.55. The predicted molar refractivity (Wildman–Crippen MR) is 91.2 cm³/mol. The Balaban J connectivity index is 2.63. The van der Waals surface area contributed by atoms with Crippen molar-refractivity contribution in [2.24, 2.45) is 5.73 Å². The molecule has 0 radical (unpaired) electrons. The van der Waals surface area contributed by atoms with E-state index in [0.717, 1.165) is 31.7 Å². The van der Waals surface area contributed by atoms with Gasteiger partial charge < -0.3 is 10.6 Å². The van der Waals surface area contributed by atoms with E-state index >= 15 is 0 Å². The monoisotopic (exact) mass is 293 g/mol. The second-order valence-electron chi connectivity index (χ2n) is 5.53. The Bertz CT molecular complexity index is 443. The molecular weight excluding hydrogens is 266 g/mol. The van der Waals surface area contributed by atoms with Gasteiger partial charge >= 0.3 is 0 Å². The van der Waals surface area contributed by atoms with Crippen molar-refractivity contribution in [3.05, 3.63) is 34.9 Å². The topological polar surface area (TPSA) is 32.5 Å². The normalized spacial score (nSPS) is 11.3. The first kappa shape index (κ1) is 17.1. The van der Waals surface area contributed by atoms with E-state index in [4.69, 9.17) is 18.0 Å². The molecule has 1 rings (SSSR count). The first-order chi connectivity index (χ1) is 9.43. The maximum absolute atomic E-state index is 5.67. The summed E-state index contributed by atoms with van der Waals surface area (Å²) in [5.74, 6) is 0. The Kier molecular flexibility index (Phi) is 7.13. The van der Waals surface area contributed by atoms with E-state index in [1.165, 1.54) is 17.5 Å². The van der Waals surface area contributed by atoms with E-state index in [-0.39, 0.29) is 0 Å². The molecule has 112 valence electrons. The molecule has 0 aliphatic rings. The zero-order chi connectivity index (χ0) is 15.1. The Morgan fingerprint density at radius 1 is 1.25 bits per heavy atom. The van der Waals surface area contributed by atoms with Crippen molar-refractivity contribution in [2.75, 3.05) is 33.7 Å². The van der Waals surface area contributed by atoms with Crippen LogP contribution < -0.4 is 5.73 Å². The molecule has 0 spiro atoms. The molecule has 0 aliphatic heterocycles. The van der Waals surface area contributed by atoms with Crippen LogP contribution in [-0.4, -0.2) is 48.5 Å².